The molecule has 5 heteroatoms. The third-order valence-electron chi connectivity index (χ3n) is 10.2. The van der Waals surface area contributed by atoms with Crippen LogP contribution >= 0.6 is 0 Å². The summed E-state index contributed by atoms with van der Waals surface area (Å²) in [4.78, 5) is 4.84. The molecule has 2 bridgehead atoms. The van der Waals surface area contributed by atoms with Crippen molar-refractivity contribution in [2.45, 2.75) is 66.2 Å². The third-order valence-corrected chi connectivity index (χ3v) is 10.2. The molecule has 1 saturated heterocycles. The van der Waals surface area contributed by atoms with Crippen LogP contribution in [0.15, 0.2) is 91.1 Å². The van der Waals surface area contributed by atoms with E-state index in [1.807, 2.05) is 18.9 Å². The van der Waals surface area contributed by atoms with Gasteiger partial charge in [-0.3, -0.25) is 9.05 Å². The van der Waals surface area contributed by atoms with Gasteiger partial charge in [0.15, 0.2) is 18.0 Å². The van der Waals surface area contributed by atoms with Crippen molar-refractivity contribution in [1.29, 1.82) is 0 Å². The van der Waals surface area contributed by atoms with Gasteiger partial charge in [-0.2, -0.15) is 0 Å². The van der Waals surface area contributed by atoms with Crippen LogP contribution in [0.3, 0.4) is 0 Å². The van der Waals surface area contributed by atoms with E-state index in [2.05, 4.69) is 139 Å². The molecule has 0 unspecified atom stereocenters. The lowest BCUT2D eigenvalue weighted by Crippen LogP contribution is -2.68. The fraction of sp³-hybridized carbons (Fsp3) is 0.286. The molecule has 2 aromatic heterocycles. The zero-order chi connectivity index (χ0) is 35.6. The molecule has 0 radical (unpaired) electrons. The SMILES string of the molecule is [2H]C([2H])([2H])[N@+]12[CH-][N@+](c3cc(Oc4ccc5c6ccccc6n(-c6cc(C(C)(C)C)ccn6)c5c4)cc(C(C)(C)C)c3)(C1)c1cc(C)c(C)cc12. The van der Waals surface area contributed by atoms with E-state index in [0.717, 1.165) is 72.9 Å². The average Bonchev–Trinajstić information content (AvgIpc) is 3.60. The topological polar surface area (TPSA) is 27.1 Å². The van der Waals surface area contributed by atoms with Crippen LogP contribution in [-0.4, -0.2) is 23.2 Å². The van der Waals surface area contributed by atoms with Gasteiger partial charge in [0.1, 0.15) is 23.0 Å². The summed E-state index contributed by atoms with van der Waals surface area (Å²) in [6.45, 7) is 17.6. The highest BCUT2D eigenvalue weighted by molar-refractivity contribution is 6.09. The minimum Gasteiger partial charge on any atom is -0.457 e. The van der Waals surface area contributed by atoms with Crippen LogP contribution in [0.2, 0.25) is 0 Å². The van der Waals surface area contributed by atoms with E-state index < -0.39 is 6.98 Å². The van der Waals surface area contributed by atoms with Crippen LogP contribution in [0, 0.1) is 20.5 Å². The Bertz CT molecular complexity index is 2350. The molecule has 9 rings (SSSR count). The normalized spacial score (nSPS) is 21.7. The first-order chi connectivity index (χ1) is 23.4. The summed E-state index contributed by atoms with van der Waals surface area (Å²) in [5, 5.41) is 2.29. The Kier molecular flexibility index (Phi) is 5.54. The fourth-order valence-corrected chi connectivity index (χ4v) is 7.36. The summed E-state index contributed by atoms with van der Waals surface area (Å²) in [5.41, 5.74) is 9.42. The number of pyridine rings is 1. The summed E-state index contributed by atoms with van der Waals surface area (Å²) < 4.78 is 35.0. The van der Waals surface area contributed by atoms with Gasteiger partial charge in [0, 0.05) is 47.3 Å². The molecule has 4 aromatic carbocycles. The first-order valence-corrected chi connectivity index (χ1v) is 16.5. The number of benzene rings is 4. The average molecular weight is 625 g/mol. The zero-order valence-corrected chi connectivity index (χ0v) is 28.6. The quantitative estimate of drug-likeness (QED) is 0.144. The van der Waals surface area contributed by atoms with Crippen LogP contribution < -0.4 is 13.7 Å². The van der Waals surface area contributed by atoms with E-state index in [9.17, 15) is 0 Å². The van der Waals surface area contributed by atoms with Crippen LogP contribution in [0.4, 0.5) is 17.1 Å². The molecule has 238 valence electrons. The summed E-state index contributed by atoms with van der Waals surface area (Å²) in [5.74, 6) is 2.31. The Morgan fingerprint density at radius 1 is 0.745 bits per heavy atom. The van der Waals surface area contributed by atoms with Gasteiger partial charge in [0.2, 0.25) is 0 Å². The lowest BCUT2D eigenvalue weighted by Gasteiger charge is -2.55. The van der Waals surface area contributed by atoms with Gasteiger partial charge in [-0.1, -0.05) is 59.7 Å². The van der Waals surface area contributed by atoms with Gasteiger partial charge in [0.25, 0.3) is 0 Å². The number of fused-ring (bicyclic) bond motifs is 3. The molecule has 0 amide bonds. The van der Waals surface area contributed by atoms with Crippen LogP contribution in [0.25, 0.3) is 27.6 Å². The number of hydrogen-bond acceptors (Lipinski definition) is 2. The molecule has 3 aliphatic heterocycles. The minimum absolute atomic E-state index is 0.0181. The number of nitrogens with zero attached hydrogens (tertiary/aromatic N) is 4. The highest BCUT2D eigenvalue weighted by Crippen LogP contribution is 2.61. The largest absolute Gasteiger partial charge is 0.457 e. The molecule has 2 atom stereocenters. The van der Waals surface area contributed by atoms with E-state index in [1.54, 1.807) is 0 Å². The van der Waals surface area contributed by atoms with E-state index in [4.69, 9.17) is 13.8 Å². The Morgan fingerprint density at radius 3 is 2.17 bits per heavy atom. The van der Waals surface area contributed by atoms with Crippen molar-refractivity contribution in [3.05, 3.63) is 120 Å². The maximum Gasteiger partial charge on any atom is 0.181 e. The zero-order valence-electron chi connectivity index (χ0n) is 31.6. The first-order valence-electron chi connectivity index (χ1n) is 18.0. The maximum absolute atomic E-state index is 8.56. The number of para-hydroxylation sites is 1. The molecule has 3 aliphatic rings. The Labute approximate surface area is 283 Å². The minimum atomic E-state index is -2.20. The van der Waals surface area contributed by atoms with Gasteiger partial charge in [-0.05, 0) is 83.3 Å². The first kappa shape index (κ1) is 26.6. The second kappa shape index (κ2) is 9.79. The van der Waals surface area contributed by atoms with Gasteiger partial charge >= 0.3 is 0 Å². The fourth-order valence-electron chi connectivity index (χ4n) is 7.36. The number of quaternary nitrogens is 2. The number of ether oxygens (including phenoxy) is 1. The molecule has 47 heavy (non-hydrogen) atoms. The van der Waals surface area contributed by atoms with Gasteiger partial charge in [0.05, 0.1) is 28.8 Å². The summed E-state index contributed by atoms with van der Waals surface area (Å²) >= 11 is 0. The van der Waals surface area contributed by atoms with Crippen molar-refractivity contribution in [1.82, 2.24) is 18.5 Å². The Balaban J connectivity index is 1.27. The van der Waals surface area contributed by atoms with Crippen molar-refractivity contribution in [3.63, 3.8) is 0 Å². The summed E-state index contributed by atoms with van der Waals surface area (Å²) in [6, 6.07) is 29.7. The van der Waals surface area contributed by atoms with Crippen molar-refractivity contribution in [2.24, 2.45) is 0 Å². The summed E-state index contributed by atoms with van der Waals surface area (Å²) in [7, 11) is 0. The molecular formula is C42H45N4O+. The molecule has 0 aliphatic carbocycles. The molecule has 5 heterocycles. The molecule has 0 spiro atoms. The lowest BCUT2D eigenvalue weighted by atomic mass is 9.86. The smallest absolute Gasteiger partial charge is 0.181 e. The van der Waals surface area contributed by atoms with Crippen LogP contribution in [-0.2, 0) is 10.8 Å². The second-order valence-corrected chi connectivity index (χ2v) is 15.7. The molecule has 1 fully saturated rings. The maximum atomic E-state index is 8.56. The number of aryl methyl sites for hydroxylation is 2. The second-order valence-electron chi connectivity index (χ2n) is 15.7. The standard InChI is InChI=1S/C42H45N4O/c1-27-18-38-39(19-28(27)2)46(25-45(38,9)26-46)31-20-30(42(6,7)8)21-33(23-31)47-32-14-15-35-34-12-10-11-13-36(34)44(37(35)24-32)40-22-29(16-17-43-40)41(3,4)5/h10-25H,26H2,1-9H3/q+1/t45-,46+/m0/s1/i9D3. The van der Waals surface area contributed by atoms with E-state index >= 15 is 0 Å². The number of hydrogen-bond donors (Lipinski definition) is 0. The van der Waals surface area contributed by atoms with Crippen LogP contribution in [0.1, 0.15) is 67.9 Å². The van der Waals surface area contributed by atoms with Crippen molar-refractivity contribution in [3.8, 4) is 17.3 Å². The van der Waals surface area contributed by atoms with E-state index in [0.29, 0.717) is 11.2 Å². The highest BCUT2D eigenvalue weighted by Gasteiger charge is 2.59. The van der Waals surface area contributed by atoms with E-state index in [-0.39, 0.29) is 15.3 Å². The molecule has 5 nitrogen and oxygen atoms in total. The molecular weight excluding hydrogens is 576 g/mol. The number of rotatable bonds is 4. The monoisotopic (exact) mass is 624 g/mol. The predicted molar refractivity (Wildman–Crippen MR) is 197 cm³/mol. The highest BCUT2D eigenvalue weighted by atomic mass is 16.5. The predicted octanol–water partition coefficient (Wildman–Crippen LogP) is 10.9. The van der Waals surface area contributed by atoms with Gasteiger partial charge < -0.3 is 9.22 Å². The molecule has 0 saturated carbocycles. The lowest BCUT2D eigenvalue weighted by molar-refractivity contribution is 0.157. The summed E-state index contributed by atoms with van der Waals surface area (Å²) in [6.07, 6.45) is 1.90. The van der Waals surface area contributed by atoms with Crippen molar-refractivity contribution >= 4 is 38.9 Å². The third kappa shape index (κ3) is 4.55. The van der Waals surface area contributed by atoms with E-state index in [1.165, 1.54) is 5.56 Å². The van der Waals surface area contributed by atoms with Gasteiger partial charge in [-0.25, -0.2) is 4.98 Å². The Morgan fingerprint density at radius 2 is 1.45 bits per heavy atom. The number of aromatic nitrogens is 2. The van der Waals surface area contributed by atoms with Crippen molar-refractivity contribution in [2.75, 3.05) is 13.6 Å². The van der Waals surface area contributed by atoms with Gasteiger partial charge in [-0.15, -0.1) is 0 Å². The molecule has 0 N–H and O–H groups in total. The molecule has 6 aromatic rings. The Hall–Kier alpha value is -4.45. The van der Waals surface area contributed by atoms with Crippen LogP contribution in [0.5, 0.6) is 11.5 Å². The van der Waals surface area contributed by atoms with Crippen molar-refractivity contribution < 1.29 is 8.85 Å².